The number of anilines is 4. The van der Waals surface area contributed by atoms with E-state index in [0.29, 0.717) is 43.8 Å². The Kier molecular flexibility index (Phi) is 17.5. The largest absolute Gasteiger partial charge is 0.480 e. The van der Waals surface area contributed by atoms with Crippen molar-refractivity contribution in [2.45, 2.75) is 25.6 Å². The molecule has 6 aromatic rings. The van der Waals surface area contributed by atoms with Gasteiger partial charge < -0.3 is 35.1 Å². The van der Waals surface area contributed by atoms with Crippen LogP contribution in [0.5, 0.6) is 0 Å². The van der Waals surface area contributed by atoms with Crippen molar-refractivity contribution in [2.75, 3.05) is 72.9 Å². The quantitative estimate of drug-likeness (QED) is 0.0600. The molecule has 9 rings (SSSR count). The van der Waals surface area contributed by atoms with Crippen LogP contribution >= 0.6 is 45.9 Å². The number of hydrogen-bond donors (Lipinski definition) is 4. The lowest BCUT2D eigenvalue weighted by atomic mass is 10.2. The van der Waals surface area contributed by atoms with Crippen LogP contribution in [0.1, 0.15) is 44.1 Å². The Labute approximate surface area is 416 Å². The van der Waals surface area contributed by atoms with Gasteiger partial charge in [-0.1, -0.05) is 42.3 Å². The van der Waals surface area contributed by atoms with Crippen LogP contribution in [-0.2, 0) is 14.2 Å². The molecule has 3 aliphatic heterocycles. The Morgan fingerprint density at radius 2 is 1.25 bits per heavy atom. The Balaban J connectivity index is 0.000000173. The van der Waals surface area contributed by atoms with E-state index in [9.17, 15) is 19.2 Å². The number of benzene rings is 2. The van der Waals surface area contributed by atoms with Gasteiger partial charge in [0.15, 0.2) is 5.84 Å². The summed E-state index contributed by atoms with van der Waals surface area (Å²) in [5, 5.41) is 16.1. The van der Waals surface area contributed by atoms with Gasteiger partial charge in [0.2, 0.25) is 5.90 Å². The summed E-state index contributed by atoms with van der Waals surface area (Å²) >= 11 is 14.1. The fraction of sp³-hybridized carbons (Fsp3) is 0.250. The second-order valence-electron chi connectivity index (χ2n) is 15.2. The maximum atomic E-state index is 12.4. The summed E-state index contributed by atoms with van der Waals surface area (Å²) in [6, 6.07) is 33.1. The summed E-state index contributed by atoms with van der Waals surface area (Å²) in [5.41, 5.74) is 4.89. The molecule has 17 nitrogen and oxygen atoms in total. The third-order valence-corrected chi connectivity index (χ3v) is 12.9. The van der Waals surface area contributed by atoms with Crippen LogP contribution in [0.4, 0.5) is 32.3 Å². The van der Waals surface area contributed by atoms with Crippen molar-refractivity contribution >= 4 is 104 Å². The average molecular weight is 1010 g/mol. The molecule has 0 aliphatic carbocycles. The molecule has 0 bridgehead atoms. The van der Waals surface area contributed by atoms with E-state index in [1.807, 2.05) is 72.8 Å². The molecular weight excluding hydrogens is 964 g/mol. The minimum Gasteiger partial charge on any atom is -0.480 e. The number of carbonyl (C=O) groups is 4. The molecule has 0 saturated carbocycles. The standard InChI is InChI=1S/C23H20ClN5O3S.C18H20ClN3O3S.C7H8N2O/c24-20-9-8-19(33-20)22(30)27-13-17-14-29(23(31)32-17)16-6-4-15(5-7-16)28-12-11-26-21(28)18-3-1-2-10-25-18;1-2-9-20-12-3-5-13(6-4-12)22-11-14(25-18(22)24)10-21-17(23)15-7-8-16(19)26-15;1-10-7(8)6-4-2-3-5-9-6/h1-10,17H,11-14H2,(H,27,30);3-8,14,20H,2,9-11H2,1H3,(H,21,23);2-5,8H,1H3/t17-;14-;/m00./s1. The molecule has 4 amide bonds. The van der Waals surface area contributed by atoms with E-state index in [1.54, 1.807) is 58.6 Å². The zero-order chi connectivity index (χ0) is 48.7. The highest BCUT2D eigenvalue weighted by Crippen LogP contribution is 2.28. The topological polar surface area (TPSA) is 204 Å². The van der Waals surface area contributed by atoms with Crippen LogP contribution in [-0.4, -0.2) is 111 Å². The van der Waals surface area contributed by atoms with E-state index in [-0.39, 0.29) is 36.9 Å². The first kappa shape index (κ1) is 49.8. The average Bonchev–Trinajstić information content (AvgIpc) is 4.25. The van der Waals surface area contributed by atoms with Gasteiger partial charge >= 0.3 is 12.2 Å². The summed E-state index contributed by atoms with van der Waals surface area (Å²) in [6.07, 6.45) is 2.77. The van der Waals surface area contributed by atoms with Crippen LogP contribution in [0.15, 0.2) is 127 Å². The Hall–Kier alpha value is -7.06. The number of amides is 4. The van der Waals surface area contributed by atoms with E-state index >= 15 is 0 Å². The number of carbonyl (C=O) groups excluding carboxylic acids is 4. The van der Waals surface area contributed by atoms with Gasteiger partial charge in [0.25, 0.3) is 11.8 Å². The third-order valence-electron chi connectivity index (χ3n) is 10.4. The predicted molar refractivity (Wildman–Crippen MR) is 271 cm³/mol. The number of pyridine rings is 2. The summed E-state index contributed by atoms with van der Waals surface area (Å²) in [6.45, 7) is 5.72. The van der Waals surface area contributed by atoms with Gasteiger partial charge in [-0.25, -0.2) is 9.59 Å². The van der Waals surface area contributed by atoms with Crippen LogP contribution in [0.3, 0.4) is 0 Å². The molecule has 3 aliphatic rings. The molecule has 7 heterocycles. The lowest BCUT2D eigenvalue weighted by molar-refractivity contribution is 0.0915. The number of nitrogens with zero attached hydrogens (tertiary/aromatic N) is 6. The van der Waals surface area contributed by atoms with Crippen molar-refractivity contribution in [1.29, 1.82) is 5.41 Å². The molecule has 69 heavy (non-hydrogen) atoms. The number of rotatable bonds is 14. The molecule has 2 aromatic carbocycles. The van der Waals surface area contributed by atoms with E-state index in [1.165, 1.54) is 29.8 Å². The van der Waals surface area contributed by atoms with Gasteiger partial charge in [-0.05, 0) is 103 Å². The van der Waals surface area contributed by atoms with Crippen molar-refractivity contribution in [2.24, 2.45) is 4.99 Å². The SMILES string of the molecule is CCCNc1ccc(N2C[C@H](CNC(=O)c3ccc(Cl)s3)OC2=O)cc1.COC(=N)c1ccccn1.O=C(NC[C@H]1CN(c2ccc(N3CCN=C3c3ccccn3)cc2)C(=O)O1)c1ccc(Cl)s1. The van der Waals surface area contributed by atoms with E-state index < -0.39 is 18.3 Å². The second kappa shape index (κ2) is 24.3. The third kappa shape index (κ3) is 13.6. The van der Waals surface area contributed by atoms with Gasteiger partial charge in [0.05, 0.1) is 58.3 Å². The first-order chi connectivity index (χ1) is 33.5. The first-order valence-corrected chi connectivity index (χ1v) is 24.1. The number of aromatic nitrogens is 2. The van der Waals surface area contributed by atoms with E-state index in [4.69, 9.17) is 38.1 Å². The molecule has 21 heteroatoms. The minimum absolute atomic E-state index is 0.0978. The summed E-state index contributed by atoms with van der Waals surface area (Å²) in [7, 11) is 1.46. The number of methoxy groups -OCH3 is 1. The smallest absolute Gasteiger partial charge is 0.414 e. The Morgan fingerprint density at radius 1 is 0.725 bits per heavy atom. The molecule has 0 radical (unpaired) electrons. The van der Waals surface area contributed by atoms with Crippen LogP contribution < -0.4 is 30.7 Å². The number of amidine groups is 1. The van der Waals surface area contributed by atoms with Crippen molar-refractivity contribution in [3.8, 4) is 0 Å². The minimum atomic E-state index is -0.432. The molecule has 0 unspecified atom stereocenters. The van der Waals surface area contributed by atoms with Gasteiger partial charge in [-0.15, -0.1) is 22.7 Å². The highest BCUT2D eigenvalue weighted by atomic mass is 35.5. The molecule has 4 N–H and O–H groups in total. The first-order valence-electron chi connectivity index (χ1n) is 21.7. The maximum absolute atomic E-state index is 12.4. The number of ether oxygens (including phenoxy) is 3. The fourth-order valence-corrected chi connectivity index (χ4v) is 8.91. The second-order valence-corrected chi connectivity index (χ2v) is 18.6. The van der Waals surface area contributed by atoms with Gasteiger partial charge in [-0.3, -0.25) is 39.8 Å². The molecule has 2 saturated heterocycles. The van der Waals surface area contributed by atoms with Crippen molar-refractivity contribution in [1.82, 2.24) is 20.6 Å². The fourth-order valence-electron chi connectivity index (χ4n) is 6.99. The van der Waals surface area contributed by atoms with Crippen LogP contribution in [0.25, 0.3) is 0 Å². The van der Waals surface area contributed by atoms with E-state index in [0.717, 1.165) is 53.8 Å². The number of cyclic esters (lactones) is 2. The zero-order valence-corrected chi connectivity index (χ0v) is 40.6. The van der Waals surface area contributed by atoms with Gasteiger partial charge in [0.1, 0.15) is 23.6 Å². The molecule has 4 aromatic heterocycles. The number of halogens is 2. The predicted octanol–water partition coefficient (Wildman–Crippen LogP) is 8.85. The van der Waals surface area contributed by atoms with Crippen molar-refractivity contribution < 1.29 is 33.4 Å². The molecule has 2 fully saturated rings. The molecule has 2 atom stereocenters. The highest BCUT2D eigenvalue weighted by Gasteiger charge is 2.34. The Bertz CT molecular complexity index is 2730. The van der Waals surface area contributed by atoms with E-state index in [2.05, 4.69) is 47.5 Å². The monoisotopic (exact) mass is 1010 g/mol. The molecule has 358 valence electrons. The zero-order valence-electron chi connectivity index (χ0n) is 37.5. The lowest BCUT2D eigenvalue weighted by Gasteiger charge is -2.21. The van der Waals surface area contributed by atoms with Gasteiger partial charge in [-0.2, -0.15) is 0 Å². The van der Waals surface area contributed by atoms with Crippen molar-refractivity contribution in [3.63, 3.8) is 0 Å². The summed E-state index contributed by atoms with van der Waals surface area (Å²) < 4.78 is 16.6. The van der Waals surface area contributed by atoms with Crippen molar-refractivity contribution in [3.05, 3.63) is 151 Å². The number of nitrogens with one attached hydrogen (secondary N) is 4. The van der Waals surface area contributed by atoms with Crippen LogP contribution in [0, 0.1) is 5.41 Å². The normalized spacial score (nSPS) is 16.0. The lowest BCUT2D eigenvalue weighted by Crippen LogP contribution is -2.34. The molecule has 0 spiro atoms. The number of hydrogen-bond acceptors (Lipinski definition) is 15. The summed E-state index contributed by atoms with van der Waals surface area (Å²) in [5.74, 6) is 0.483. The highest BCUT2D eigenvalue weighted by molar-refractivity contribution is 7.18. The summed E-state index contributed by atoms with van der Waals surface area (Å²) in [4.78, 5) is 68.0. The van der Waals surface area contributed by atoms with Crippen LogP contribution in [0.2, 0.25) is 8.67 Å². The molecular formula is C48H48Cl2N10O7S2. The Morgan fingerprint density at radius 3 is 1.71 bits per heavy atom. The van der Waals surface area contributed by atoms with Gasteiger partial charge in [0, 0.05) is 48.2 Å². The maximum Gasteiger partial charge on any atom is 0.414 e. The number of thiophene rings is 2. The number of aliphatic imine (C=N–C) groups is 1.